The van der Waals surface area contributed by atoms with E-state index in [2.05, 4.69) is 37.7 Å². The van der Waals surface area contributed by atoms with E-state index in [1.165, 1.54) is 0 Å². The molecular formula is C19H20N7O3+. The highest BCUT2D eigenvalue weighted by molar-refractivity contribution is 5.95. The number of hydrogen-bond acceptors (Lipinski definition) is 7. The molecule has 0 bridgehead atoms. The molecular weight excluding hydrogens is 374 g/mol. The van der Waals surface area contributed by atoms with E-state index >= 15 is 0 Å². The Morgan fingerprint density at radius 2 is 2.17 bits per heavy atom. The minimum Gasteiger partial charge on any atom is -0.497 e. The van der Waals surface area contributed by atoms with E-state index in [0.29, 0.717) is 34.4 Å². The highest BCUT2D eigenvalue weighted by Crippen LogP contribution is 2.42. The molecule has 0 spiro atoms. The van der Waals surface area contributed by atoms with Gasteiger partial charge in [-0.05, 0) is 34.7 Å². The molecule has 10 nitrogen and oxygen atoms in total. The summed E-state index contributed by atoms with van der Waals surface area (Å²) in [6.07, 6.45) is 3.45. The molecule has 1 aromatic carbocycles. The first-order valence-corrected chi connectivity index (χ1v) is 8.85. The van der Waals surface area contributed by atoms with Crippen LogP contribution in [0, 0.1) is 5.92 Å². The van der Waals surface area contributed by atoms with Crippen LogP contribution in [0.5, 0.6) is 11.5 Å². The Morgan fingerprint density at radius 3 is 2.90 bits per heavy atom. The van der Waals surface area contributed by atoms with Crippen molar-refractivity contribution in [3.05, 3.63) is 60.6 Å². The highest BCUT2D eigenvalue weighted by atomic mass is 16.5. The number of methoxy groups -OCH3 is 2. The molecule has 2 aromatic heterocycles. The molecule has 148 valence electrons. The molecule has 0 radical (unpaired) electrons. The Bertz CT molecular complexity index is 1050. The molecule has 29 heavy (non-hydrogen) atoms. The van der Waals surface area contributed by atoms with E-state index in [1.807, 2.05) is 6.07 Å². The fourth-order valence-electron chi connectivity index (χ4n) is 3.39. The number of nitrogens with one attached hydrogen (secondary N) is 3. The van der Waals surface area contributed by atoms with Gasteiger partial charge in [0.15, 0.2) is 12.4 Å². The van der Waals surface area contributed by atoms with Crippen molar-refractivity contribution in [1.29, 1.82) is 0 Å². The zero-order chi connectivity index (χ0) is 20.4. The number of H-pyrrole nitrogens is 1. The van der Waals surface area contributed by atoms with Gasteiger partial charge in [-0.15, -0.1) is 0 Å². The summed E-state index contributed by atoms with van der Waals surface area (Å²) in [5.41, 5.74) is 1.80. The largest absolute Gasteiger partial charge is 0.497 e. The Balaban J connectivity index is 1.81. The lowest BCUT2D eigenvalue weighted by Crippen LogP contribution is -2.39. The van der Waals surface area contributed by atoms with Gasteiger partial charge in [0.05, 0.1) is 14.2 Å². The van der Waals surface area contributed by atoms with Crippen LogP contribution in [-0.2, 0) is 4.79 Å². The lowest BCUT2D eigenvalue weighted by Gasteiger charge is -2.33. The number of anilines is 2. The molecule has 2 atom stereocenters. The fourth-order valence-corrected chi connectivity index (χ4v) is 3.39. The van der Waals surface area contributed by atoms with Crippen molar-refractivity contribution in [1.82, 2.24) is 20.2 Å². The number of fused-ring (bicyclic) bond motifs is 1. The van der Waals surface area contributed by atoms with E-state index in [0.717, 1.165) is 0 Å². The Morgan fingerprint density at radius 1 is 1.31 bits per heavy atom. The lowest BCUT2D eigenvalue weighted by molar-refractivity contribution is -0.377. The number of benzene rings is 1. The predicted octanol–water partition coefficient (Wildman–Crippen LogP) is 1.29. The Labute approximate surface area is 166 Å². The van der Waals surface area contributed by atoms with Crippen molar-refractivity contribution < 1.29 is 19.3 Å². The number of nitrogens with zero attached hydrogens (tertiary/aromatic N) is 4. The fraction of sp³-hybridized carbons (Fsp3) is 0.211. The zero-order valence-electron chi connectivity index (χ0n) is 15.9. The Hall–Kier alpha value is -3.95. The average Bonchev–Trinajstić information content (AvgIpc) is 3.20. The topological polar surface area (TPSA) is 117 Å². The van der Waals surface area contributed by atoms with Crippen LogP contribution in [0.15, 0.2) is 55.0 Å². The Kier molecular flexibility index (Phi) is 4.82. The van der Waals surface area contributed by atoms with E-state index in [1.54, 1.807) is 55.6 Å². The normalized spacial score (nSPS) is 17.8. The van der Waals surface area contributed by atoms with Crippen LogP contribution in [0.2, 0.25) is 0 Å². The van der Waals surface area contributed by atoms with Crippen LogP contribution in [-0.4, -0.2) is 40.3 Å². The van der Waals surface area contributed by atoms with Crippen molar-refractivity contribution >= 4 is 17.5 Å². The first-order valence-electron chi connectivity index (χ1n) is 8.85. The van der Waals surface area contributed by atoms with Gasteiger partial charge in [0, 0.05) is 17.3 Å². The molecule has 0 saturated heterocycles. The van der Waals surface area contributed by atoms with Gasteiger partial charge in [0.25, 0.3) is 0 Å². The molecule has 3 heterocycles. The molecule has 4 rings (SSSR count). The molecule has 1 aliphatic heterocycles. The average molecular weight is 394 g/mol. The van der Waals surface area contributed by atoms with Crippen LogP contribution >= 0.6 is 0 Å². The number of carbonyl (C=O) groups excluding carboxylic acids is 1. The van der Waals surface area contributed by atoms with Crippen LogP contribution in [0.25, 0.3) is 0 Å². The van der Waals surface area contributed by atoms with Gasteiger partial charge in [-0.25, -0.2) is 9.67 Å². The van der Waals surface area contributed by atoms with Gasteiger partial charge in [-0.2, -0.15) is 0 Å². The molecule has 3 aromatic rings. The van der Waals surface area contributed by atoms with E-state index in [-0.39, 0.29) is 5.91 Å². The number of pyridine rings is 1. The third kappa shape index (κ3) is 3.35. The minimum absolute atomic E-state index is 0.266. The maximum atomic E-state index is 13.3. The SMILES string of the molecule is C=C1Nc2nnnn2C(c2cc(OC)ccc2OC)C1C(=O)Nc1ccc[nH+]c1. The number of aromatic nitrogens is 5. The molecule has 3 N–H and O–H groups in total. The maximum Gasteiger partial charge on any atom is 0.247 e. The van der Waals surface area contributed by atoms with Gasteiger partial charge in [0.1, 0.15) is 29.1 Å². The number of aromatic amines is 1. The lowest BCUT2D eigenvalue weighted by atomic mass is 9.87. The van der Waals surface area contributed by atoms with Crippen molar-refractivity contribution in [2.24, 2.45) is 5.92 Å². The van der Waals surface area contributed by atoms with Crippen molar-refractivity contribution in [3.63, 3.8) is 0 Å². The van der Waals surface area contributed by atoms with Gasteiger partial charge < -0.3 is 20.1 Å². The highest BCUT2D eigenvalue weighted by Gasteiger charge is 2.41. The minimum atomic E-state index is -0.716. The first kappa shape index (κ1) is 18.4. The van der Waals surface area contributed by atoms with Crippen LogP contribution < -0.4 is 25.1 Å². The molecule has 1 aliphatic rings. The number of tetrazole rings is 1. The molecule has 0 aliphatic carbocycles. The smallest absolute Gasteiger partial charge is 0.247 e. The van der Waals surface area contributed by atoms with Crippen LogP contribution in [0.1, 0.15) is 11.6 Å². The summed E-state index contributed by atoms with van der Waals surface area (Å²) < 4.78 is 12.5. The van der Waals surface area contributed by atoms with E-state index in [4.69, 9.17) is 9.47 Å². The van der Waals surface area contributed by atoms with Gasteiger partial charge in [-0.3, -0.25) is 4.79 Å². The van der Waals surface area contributed by atoms with Gasteiger partial charge in [0.2, 0.25) is 11.9 Å². The molecule has 0 fully saturated rings. The van der Waals surface area contributed by atoms with Crippen molar-refractivity contribution in [3.8, 4) is 11.5 Å². The molecule has 10 heteroatoms. The van der Waals surface area contributed by atoms with E-state index < -0.39 is 12.0 Å². The second-order valence-corrected chi connectivity index (χ2v) is 6.41. The molecule has 0 saturated carbocycles. The first-order chi connectivity index (χ1) is 14.1. The summed E-state index contributed by atoms with van der Waals surface area (Å²) in [7, 11) is 3.14. The number of rotatable bonds is 5. The summed E-state index contributed by atoms with van der Waals surface area (Å²) in [5.74, 6) is 0.612. The quantitative estimate of drug-likeness (QED) is 0.669. The number of amides is 1. The van der Waals surface area contributed by atoms with Crippen LogP contribution in [0.4, 0.5) is 11.6 Å². The van der Waals surface area contributed by atoms with Crippen molar-refractivity contribution in [2.75, 3.05) is 24.9 Å². The summed E-state index contributed by atoms with van der Waals surface area (Å²) in [6.45, 7) is 4.05. The summed E-state index contributed by atoms with van der Waals surface area (Å²) in [5, 5.41) is 17.7. The third-order valence-corrected chi connectivity index (χ3v) is 4.73. The second-order valence-electron chi connectivity index (χ2n) is 6.41. The van der Waals surface area contributed by atoms with Crippen molar-refractivity contribution in [2.45, 2.75) is 6.04 Å². The van der Waals surface area contributed by atoms with Gasteiger partial charge in [-0.1, -0.05) is 11.7 Å². The van der Waals surface area contributed by atoms with Gasteiger partial charge >= 0.3 is 0 Å². The van der Waals surface area contributed by atoms with Crippen LogP contribution in [0.3, 0.4) is 0 Å². The maximum absolute atomic E-state index is 13.3. The number of ether oxygens (including phenoxy) is 2. The summed E-state index contributed by atoms with van der Waals surface area (Å²) in [6, 6.07) is 8.37. The summed E-state index contributed by atoms with van der Waals surface area (Å²) >= 11 is 0. The summed E-state index contributed by atoms with van der Waals surface area (Å²) in [4.78, 5) is 16.2. The molecule has 1 amide bonds. The number of hydrogen-bond donors (Lipinski definition) is 2. The predicted molar refractivity (Wildman–Crippen MR) is 103 cm³/mol. The van der Waals surface area contributed by atoms with E-state index in [9.17, 15) is 4.79 Å². The second kappa shape index (κ2) is 7.58. The monoisotopic (exact) mass is 394 g/mol. The molecule has 2 unspecified atom stereocenters. The zero-order valence-corrected chi connectivity index (χ0v) is 15.9. The standard InChI is InChI=1S/C19H19N7O3/c1-11-16(18(27)22-12-5-4-8-20-10-12)17(26-19(21-11)23-24-25-26)14-9-13(28-2)6-7-15(14)29-3/h4-10,16-17H,1H2,2-3H3,(H,22,27)(H,21,23,25)/p+1. The number of carbonyl (C=O) groups is 1. The third-order valence-electron chi connectivity index (χ3n) is 4.73.